The molecular formula is C33H27NO6. The summed E-state index contributed by atoms with van der Waals surface area (Å²) in [6.07, 6.45) is 0.0545. The molecule has 1 heterocycles. The van der Waals surface area contributed by atoms with Crippen molar-refractivity contribution in [1.29, 1.82) is 0 Å². The number of para-hydroxylation sites is 1. The number of amides is 1. The van der Waals surface area contributed by atoms with Gasteiger partial charge in [-0.05, 0) is 47.9 Å². The van der Waals surface area contributed by atoms with Gasteiger partial charge in [0.2, 0.25) is 5.60 Å². The average Bonchev–Trinajstić information content (AvgIpc) is 3.68. The molecule has 7 heteroatoms. The minimum atomic E-state index is -1.08. The number of rotatable bonds is 8. The van der Waals surface area contributed by atoms with Crippen molar-refractivity contribution < 1.29 is 28.6 Å². The topological polar surface area (TPSA) is 98.0 Å². The second kappa shape index (κ2) is 10.3. The number of benzene rings is 4. The second-order valence-corrected chi connectivity index (χ2v) is 9.89. The van der Waals surface area contributed by atoms with Crippen LogP contribution in [0, 0.1) is 0 Å². The van der Waals surface area contributed by atoms with Crippen LogP contribution >= 0.6 is 0 Å². The van der Waals surface area contributed by atoms with E-state index in [0.717, 1.165) is 27.6 Å². The van der Waals surface area contributed by atoms with Crippen LogP contribution in [0.2, 0.25) is 0 Å². The van der Waals surface area contributed by atoms with Crippen molar-refractivity contribution >= 4 is 28.7 Å². The van der Waals surface area contributed by atoms with E-state index in [9.17, 15) is 14.7 Å². The van der Waals surface area contributed by atoms with Crippen LogP contribution in [0.1, 0.15) is 31.4 Å². The van der Waals surface area contributed by atoms with Gasteiger partial charge >= 0.3 is 12.1 Å². The first kappa shape index (κ1) is 25.2. The van der Waals surface area contributed by atoms with E-state index in [2.05, 4.69) is 5.32 Å². The summed E-state index contributed by atoms with van der Waals surface area (Å²) in [5.74, 6) is 0.140. The maximum Gasteiger partial charge on any atom is 0.412 e. The van der Waals surface area contributed by atoms with Gasteiger partial charge in [0, 0.05) is 23.8 Å². The average molecular weight is 534 g/mol. The molecule has 1 fully saturated rings. The Kier molecular flexibility index (Phi) is 6.48. The van der Waals surface area contributed by atoms with Gasteiger partial charge in [-0.25, -0.2) is 9.59 Å². The number of anilines is 1. The summed E-state index contributed by atoms with van der Waals surface area (Å²) in [6.45, 7) is 1.83. The number of hydrogen-bond donors (Lipinski definition) is 2. The molecule has 1 aliphatic carbocycles. The Morgan fingerprint density at radius 2 is 1.43 bits per heavy atom. The second-order valence-electron chi connectivity index (χ2n) is 9.89. The van der Waals surface area contributed by atoms with Crippen LogP contribution in [0.5, 0.6) is 5.75 Å². The Balaban J connectivity index is 1.22. The van der Waals surface area contributed by atoms with Crippen molar-refractivity contribution in [3.63, 3.8) is 0 Å². The number of furan rings is 1. The number of carbonyl (C=O) groups is 2. The lowest BCUT2D eigenvalue weighted by Gasteiger charge is -2.14. The van der Waals surface area contributed by atoms with Crippen LogP contribution in [0.15, 0.2) is 108 Å². The zero-order valence-corrected chi connectivity index (χ0v) is 21.8. The fraction of sp³-hybridized carbons (Fsp3) is 0.152. The standard InChI is InChI=1S/C33H27NO6/c1-21(22-7-3-2-4-8-22)38-32(37)34-29-27-9-5-6-10-28(27)39-30(29)25-13-11-23(12-14-25)24-15-17-26(18-16-24)40-33(19-20-33)31(35)36/h2-18,21H,19-20H2,1H3,(H,34,37)(H,35,36)/t21-/m1/s1. The van der Waals surface area contributed by atoms with E-state index in [0.29, 0.717) is 35.6 Å². The first-order valence-corrected chi connectivity index (χ1v) is 13.1. The Hall–Kier alpha value is -5.04. The summed E-state index contributed by atoms with van der Waals surface area (Å²) in [5.41, 5.74) is 3.74. The van der Waals surface area contributed by atoms with Crippen LogP contribution in [-0.4, -0.2) is 22.8 Å². The van der Waals surface area contributed by atoms with Gasteiger partial charge in [0.25, 0.3) is 0 Å². The minimum Gasteiger partial charge on any atom is -0.478 e. The quantitative estimate of drug-likeness (QED) is 0.209. The van der Waals surface area contributed by atoms with E-state index >= 15 is 0 Å². The van der Waals surface area contributed by atoms with Gasteiger partial charge in [-0.2, -0.15) is 0 Å². The fourth-order valence-corrected chi connectivity index (χ4v) is 4.69. The molecule has 0 spiro atoms. The van der Waals surface area contributed by atoms with Crippen LogP contribution in [0.25, 0.3) is 33.4 Å². The highest BCUT2D eigenvalue weighted by molar-refractivity contribution is 6.05. The van der Waals surface area contributed by atoms with Crippen LogP contribution in [-0.2, 0) is 9.53 Å². The van der Waals surface area contributed by atoms with Crippen LogP contribution in [0.4, 0.5) is 10.5 Å². The molecule has 4 aromatic carbocycles. The van der Waals surface area contributed by atoms with Crippen molar-refractivity contribution in [2.45, 2.75) is 31.5 Å². The molecule has 5 aromatic rings. The minimum absolute atomic E-state index is 0.419. The van der Waals surface area contributed by atoms with E-state index in [1.54, 1.807) is 12.1 Å². The molecule has 6 rings (SSSR count). The predicted molar refractivity (Wildman–Crippen MR) is 152 cm³/mol. The number of hydrogen-bond acceptors (Lipinski definition) is 5. The van der Waals surface area contributed by atoms with Gasteiger partial charge in [-0.3, -0.25) is 5.32 Å². The zero-order valence-electron chi connectivity index (χ0n) is 21.8. The molecule has 0 saturated heterocycles. The number of carboxylic acid groups (broad SMARTS) is 1. The van der Waals surface area contributed by atoms with Crippen molar-refractivity contribution in [1.82, 2.24) is 0 Å². The molecule has 0 aliphatic heterocycles. The molecule has 0 bridgehead atoms. The summed E-state index contributed by atoms with van der Waals surface area (Å²) in [5, 5.41) is 13.0. The number of carboxylic acids is 1. The van der Waals surface area contributed by atoms with Crippen molar-refractivity contribution in [2.24, 2.45) is 0 Å². The first-order chi connectivity index (χ1) is 19.4. The van der Waals surface area contributed by atoms with Crippen molar-refractivity contribution in [2.75, 3.05) is 5.32 Å². The number of ether oxygens (including phenoxy) is 2. The highest BCUT2D eigenvalue weighted by Crippen LogP contribution is 2.41. The highest BCUT2D eigenvalue weighted by Gasteiger charge is 2.53. The monoisotopic (exact) mass is 533 g/mol. The number of carbonyl (C=O) groups excluding carboxylic acids is 1. The van der Waals surface area contributed by atoms with E-state index < -0.39 is 23.8 Å². The molecule has 1 atom stereocenters. The van der Waals surface area contributed by atoms with Gasteiger partial charge in [-0.15, -0.1) is 0 Å². The molecular weight excluding hydrogens is 506 g/mol. The maximum atomic E-state index is 12.9. The highest BCUT2D eigenvalue weighted by atomic mass is 16.6. The van der Waals surface area contributed by atoms with Gasteiger partial charge in [0.05, 0.1) is 5.69 Å². The van der Waals surface area contributed by atoms with Gasteiger partial charge in [0.1, 0.15) is 17.4 Å². The lowest BCUT2D eigenvalue weighted by molar-refractivity contribution is -0.147. The molecule has 0 unspecified atom stereocenters. The van der Waals surface area contributed by atoms with E-state index in [4.69, 9.17) is 13.9 Å². The fourth-order valence-electron chi connectivity index (χ4n) is 4.69. The molecule has 2 N–H and O–H groups in total. The third-order valence-corrected chi connectivity index (χ3v) is 7.12. The lowest BCUT2D eigenvalue weighted by Crippen LogP contribution is -2.28. The lowest BCUT2D eigenvalue weighted by atomic mass is 10.0. The summed E-state index contributed by atoms with van der Waals surface area (Å²) >= 11 is 0. The van der Waals surface area contributed by atoms with Crippen LogP contribution < -0.4 is 10.1 Å². The van der Waals surface area contributed by atoms with E-state index in [-0.39, 0.29) is 0 Å². The number of nitrogens with one attached hydrogen (secondary N) is 1. The Morgan fingerprint density at radius 3 is 2.08 bits per heavy atom. The maximum absolute atomic E-state index is 12.9. The van der Waals surface area contributed by atoms with Gasteiger partial charge in [0.15, 0.2) is 5.76 Å². The Labute approximate surface area is 231 Å². The molecule has 1 amide bonds. The van der Waals surface area contributed by atoms with E-state index in [1.807, 2.05) is 97.9 Å². The summed E-state index contributed by atoms with van der Waals surface area (Å²) in [7, 11) is 0. The van der Waals surface area contributed by atoms with Gasteiger partial charge in [-0.1, -0.05) is 78.9 Å². The normalized spacial score (nSPS) is 14.3. The third kappa shape index (κ3) is 5.01. The molecule has 1 aromatic heterocycles. The molecule has 40 heavy (non-hydrogen) atoms. The smallest absolute Gasteiger partial charge is 0.412 e. The summed E-state index contributed by atoms with van der Waals surface area (Å²) < 4.78 is 17.5. The van der Waals surface area contributed by atoms with Gasteiger partial charge < -0.3 is 19.0 Å². The Morgan fingerprint density at radius 1 is 0.825 bits per heavy atom. The molecule has 1 aliphatic rings. The number of fused-ring (bicyclic) bond motifs is 1. The van der Waals surface area contributed by atoms with Crippen LogP contribution in [0.3, 0.4) is 0 Å². The molecule has 1 saturated carbocycles. The van der Waals surface area contributed by atoms with Crippen molar-refractivity contribution in [3.8, 4) is 28.2 Å². The third-order valence-electron chi connectivity index (χ3n) is 7.12. The predicted octanol–water partition coefficient (Wildman–Crippen LogP) is 8.07. The SMILES string of the molecule is C[C@@H](OC(=O)Nc1c(-c2ccc(-c3ccc(OC4(C(=O)O)CC4)cc3)cc2)oc2ccccc12)c1ccccc1. The largest absolute Gasteiger partial charge is 0.478 e. The first-order valence-electron chi connectivity index (χ1n) is 13.1. The molecule has 7 nitrogen and oxygen atoms in total. The number of aliphatic carboxylic acids is 1. The summed E-state index contributed by atoms with van der Waals surface area (Å²) in [6, 6.07) is 32.3. The molecule has 200 valence electrons. The summed E-state index contributed by atoms with van der Waals surface area (Å²) in [4.78, 5) is 24.3. The molecule has 0 radical (unpaired) electrons. The Bertz CT molecular complexity index is 1670. The van der Waals surface area contributed by atoms with Crippen molar-refractivity contribution in [3.05, 3.63) is 109 Å². The zero-order chi connectivity index (χ0) is 27.7. The van der Waals surface area contributed by atoms with E-state index in [1.165, 1.54) is 0 Å².